The zero-order valence-corrected chi connectivity index (χ0v) is 8.99. The average Bonchev–Trinajstić information content (AvgIpc) is 2.69. The molecule has 1 heterocycles. The van der Waals surface area contributed by atoms with E-state index in [1.807, 2.05) is 0 Å². The van der Waals surface area contributed by atoms with E-state index in [2.05, 4.69) is 20.3 Å². The molecule has 10 heteroatoms. The van der Waals surface area contributed by atoms with Gasteiger partial charge in [-0.25, -0.2) is 9.42 Å². The summed E-state index contributed by atoms with van der Waals surface area (Å²) < 4.78 is 4.18. The molecule has 1 aromatic heterocycles. The standard InChI is InChI=1S/C8H10N4O6/c9-6-5(11-18-12-6)7(15)10-3(8(16)17)1-2-4(13)14/h3H,1-2H2,(H2,9,12)(H,10,15)(H,13,14)(H,16,17). The molecule has 1 rings (SSSR count). The summed E-state index contributed by atoms with van der Waals surface area (Å²) in [6.07, 6.45) is -0.661. The smallest absolute Gasteiger partial charge is 0.326 e. The van der Waals surface area contributed by atoms with E-state index in [4.69, 9.17) is 15.9 Å². The van der Waals surface area contributed by atoms with E-state index in [-0.39, 0.29) is 17.9 Å². The van der Waals surface area contributed by atoms with Crippen LogP contribution in [0.3, 0.4) is 0 Å². The van der Waals surface area contributed by atoms with Gasteiger partial charge in [-0.2, -0.15) is 0 Å². The molecule has 0 aromatic carbocycles. The first-order chi connectivity index (χ1) is 8.41. The lowest BCUT2D eigenvalue weighted by Crippen LogP contribution is -2.41. The Balaban J connectivity index is 2.67. The van der Waals surface area contributed by atoms with Crippen LogP contribution < -0.4 is 11.1 Å². The minimum atomic E-state index is -1.36. The number of nitrogen functional groups attached to an aromatic ring is 1. The Hall–Kier alpha value is -2.65. The second-order valence-corrected chi connectivity index (χ2v) is 3.29. The van der Waals surface area contributed by atoms with Crippen LogP contribution in [0.15, 0.2) is 4.63 Å². The van der Waals surface area contributed by atoms with Gasteiger partial charge in [0.1, 0.15) is 6.04 Å². The molecule has 98 valence electrons. The molecule has 18 heavy (non-hydrogen) atoms. The number of carboxylic acids is 2. The van der Waals surface area contributed by atoms with Gasteiger partial charge in [0, 0.05) is 6.42 Å². The Labute approximate surface area is 99.7 Å². The van der Waals surface area contributed by atoms with Crippen LogP contribution in [-0.4, -0.2) is 44.4 Å². The fourth-order valence-corrected chi connectivity index (χ4v) is 1.10. The van der Waals surface area contributed by atoms with Gasteiger partial charge in [-0.15, -0.1) is 0 Å². The van der Waals surface area contributed by atoms with Crippen molar-refractivity contribution < 1.29 is 29.2 Å². The van der Waals surface area contributed by atoms with E-state index in [0.717, 1.165) is 0 Å². The Morgan fingerprint density at radius 1 is 1.33 bits per heavy atom. The maximum Gasteiger partial charge on any atom is 0.326 e. The number of amides is 1. The van der Waals surface area contributed by atoms with Crippen molar-refractivity contribution in [1.29, 1.82) is 0 Å². The van der Waals surface area contributed by atoms with Crippen LogP contribution in [0.2, 0.25) is 0 Å². The van der Waals surface area contributed by atoms with Crippen LogP contribution in [-0.2, 0) is 9.59 Å². The number of carbonyl (C=O) groups is 3. The molecule has 10 nitrogen and oxygen atoms in total. The Morgan fingerprint density at radius 2 is 2.00 bits per heavy atom. The molecule has 0 radical (unpaired) electrons. The Morgan fingerprint density at radius 3 is 2.44 bits per heavy atom. The predicted octanol–water partition coefficient (Wildman–Crippen LogP) is -1.30. The van der Waals surface area contributed by atoms with Crippen LogP contribution in [0.25, 0.3) is 0 Å². The summed E-state index contributed by atoms with van der Waals surface area (Å²) in [5.74, 6) is -3.71. The van der Waals surface area contributed by atoms with Crippen LogP contribution >= 0.6 is 0 Å². The first-order valence-electron chi connectivity index (χ1n) is 4.75. The third-order valence-corrected chi connectivity index (χ3v) is 1.98. The minimum Gasteiger partial charge on any atom is -0.481 e. The van der Waals surface area contributed by atoms with Gasteiger partial charge in [0.05, 0.1) is 0 Å². The van der Waals surface area contributed by atoms with Crippen LogP contribution in [0, 0.1) is 0 Å². The van der Waals surface area contributed by atoms with Crippen LogP contribution in [0.5, 0.6) is 0 Å². The largest absolute Gasteiger partial charge is 0.481 e. The molecule has 1 unspecified atom stereocenters. The molecule has 1 atom stereocenters. The second kappa shape index (κ2) is 5.61. The van der Waals surface area contributed by atoms with Crippen LogP contribution in [0.1, 0.15) is 23.3 Å². The van der Waals surface area contributed by atoms with Crippen molar-refractivity contribution >= 4 is 23.7 Å². The van der Waals surface area contributed by atoms with Crippen molar-refractivity contribution in [3.05, 3.63) is 5.69 Å². The number of carbonyl (C=O) groups excluding carboxylic acids is 1. The fourth-order valence-electron chi connectivity index (χ4n) is 1.10. The zero-order valence-electron chi connectivity index (χ0n) is 8.99. The maximum absolute atomic E-state index is 11.5. The third kappa shape index (κ3) is 3.43. The van der Waals surface area contributed by atoms with E-state index in [1.54, 1.807) is 0 Å². The number of anilines is 1. The van der Waals surface area contributed by atoms with Gasteiger partial charge in [-0.05, 0) is 16.7 Å². The number of aliphatic carboxylic acids is 2. The van der Waals surface area contributed by atoms with Gasteiger partial charge in [0.25, 0.3) is 5.91 Å². The number of nitrogens with two attached hydrogens (primary N) is 1. The van der Waals surface area contributed by atoms with Gasteiger partial charge in [0.2, 0.25) is 11.5 Å². The summed E-state index contributed by atoms with van der Waals surface area (Å²) in [5.41, 5.74) is 4.90. The lowest BCUT2D eigenvalue weighted by Gasteiger charge is -2.11. The lowest BCUT2D eigenvalue weighted by atomic mass is 10.1. The number of hydrogen-bond acceptors (Lipinski definition) is 7. The summed E-state index contributed by atoms with van der Waals surface area (Å²) in [7, 11) is 0. The normalized spacial score (nSPS) is 11.8. The Kier molecular flexibility index (Phi) is 4.18. The van der Waals surface area contributed by atoms with Crippen molar-refractivity contribution in [3.8, 4) is 0 Å². The van der Waals surface area contributed by atoms with Crippen molar-refractivity contribution in [2.24, 2.45) is 0 Å². The van der Waals surface area contributed by atoms with Crippen molar-refractivity contribution in [2.45, 2.75) is 18.9 Å². The molecular formula is C8H10N4O6. The molecule has 0 spiro atoms. The number of aromatic nitrogens is 2. The molecular weight excluding hydrogens is 248 g/mol. The summed E-state index contributed by atoms with van der Waals surface area (Å²) >= 11 is 0. The lowest BCUT2D eigenvalue weighted by molar-refractivity contribution is -0.140. The summed E-state index contributed by atoms with van der Waals surface area (Å²) in [6.45, 7) is 0. The highest BCUT2D eigenvalue weighted by atomic mass is 16.6. The summed E-state index contributed by atoms with van der Waals surface area (Å²) in [5, 5.41) is 25.7. The maximum atomic E-state index is 11.5. The summed E-state index contributed by atoms with van der Waals surface area (Å²) in [6, 6.07) is -1.36. The number of hydrogen-bond donors (Lipinski definition) is 4. The molecule has 0 saturated heterocycles. The first kappa shape index (κ1) is 13.4. The van der Waals surface area contributed by atoms with Gasteiger partial charge in [-0.1, -0.05) is 0 Å². The molecule has 0 bridgehead atoms. The fraction of sp³-hybridized carbons (Fsp3) is 0.375. The number of nitrogens with one attached hydrogen (secondary N) is 1. The van der Waals surface area contributed by atoms with E-state index >= 15 is 0 Å². The van der Waals surface area contributed by atoms with Crippen molar-refractivity contribution in [1.82, 2.24) is 15.6 Å². The SMILES string of the molecule is Nc1nonc1C(=O)NC(CCC(=O)O)C(=O)O. The molecule has 0 aliphatic heterocycles. The van der Waals surface area contributed by atoms with Gasteiger partial charge in [-0.3, -0.25) is 9.59 Å². The molecule has 0 aliphatic carbocycles. The summed E-state index contributed by atoms with van der Waals surface area (Å²) in [4.78, 5) is 32.7. The van der Waals surface area contributed by atoms with Crippen molar-refractivity contribution in [3.63, 3.8) is 0 Å². The molecule has 1 aromatic rings. The van der Waals surface area contributed by atoms with Crippen LogP contribution in [0.4, 0.5) is 5.82 Å². The second-order valence-electron chi connectivity index (χ2n) is 3.29. The highest BCUT2D eigenvalue weighted by Crippen LogP contribution is 2.05. The van der Waals surface area contributed by atoms with Gasteiger partial charge in [0.15, 0.2) is 0 Å². The number of nitrogens with zero attached hydrogens (tertiary/aromatic N) is 2. The van der Waals surface area contributed by atoms with E-state index in [0.29, 0.717) is 0 Å². The number of carboxylic acid groups (broad SMARTS) is 2. The zero-order chi connectivity index (χ0) is 13.7. The van der Waals surface area contributed by atoms with E-state index in [1.165, 1.54) is 0 Å². The minimum absolute atomic E-state index is 0.262. The average molecular weight is 258 g/mol. The third-order valence-electron chi connectivity index (χ3n) is 1.98. The first-order valence-corrected chi connectivity index (χ1v) is 4.75. The van der Waals surface area contributed by atoms with E-state index in [9.17, 15) is 14.4 Å². The molecule has 1 amide bonds. The monoisotopic (exact) mass is 258 g/mol. The van der Waals surface area contributed by atoms with Gasteiger partial charge < -0.3 is 21.3 Å². The highest BCUT2D eigenvalue weighted by Gasteiger charge is 2.24. The van der Waals surface area contributed by atoms with Gasteiger partial charge >= 0.3 is 11.9 Å². The molecule has 0 fully saturated rings. The molecule has 0 saturated carbocycles. The number of rotatable bonds is 6. The molecule has 0 aliphatic rings. The quantitative estimate of drug-likeness (QED) is 0.484. The molecule has 5 N–H and O–H groups in total. The van der Waals surface area contributed by atoms with Crippen molar-refractivity contribution in [2.75, 3.05) is 5.73 Å². The topological polar surface area (TPSA) is 169 Å². The van der Waals surface area contributed by atoms with E-state index < -0.39 is 30.3 Å². The highest BCUT2D eigenvalue weighted by molar-refractivity contribution is 5.98. The Bertz CT molecular complexity index is 470. The predicted molar refractivity (Wildman–Crippen MR) is 54.5 cm³/mol.